The number of nitrogens with one attached hydrogen (secondary N) is 2. The van der Waals surface area contributed by atoms with Gasteiger partial charge in [-0.1, -0.05) is 13.8 Å². The number of aldehydes is 1. The molecule has 6 nitrogen and oxygen atoms in total. The lowest BCUT2D eigenvalue weighted by molar-refractivity contribution is -0.136. The van der Waals surface area contributed by atoms with Crippen LogP contribution in [-0.2, 0) is 9.59 Å². The molecule has 7 heteroatoms. The fourth-order valence-corrected chi connectivity index (χ4v) is 2.55. The van der Waals surface area contributed by atoms with Crippen LogP contribution < -0.4 is 15.4 Å². The molecule has 0 aliphatic heterocycles. The van der Waals surface area contributed by atoms with E-state index in [0.29, 0.717) is 24.5 Å². The van der Waals surface area contributed by atoms with E-state index < -0.39 is 0 Å². The van der Waals surface area contributed by atoms with E-state index in [1.165, 1.54) is 4.90 Å². The molecule has 1 aromatic rings. The molecular formula is C18H27N3O3S. The Kier molecular flexibility index (Phi) is 8.91. The summed E-state index contributed by atoms with van der Waals surface area (Å²) in [7, 11) is 3.29. The first-order valence-electron chi connectivity index (χ1n) is 8.29. The minimum Gasteiger partial charge on any atom is -0.497 e. The van der Waals surface area contributed by atoms with Crippen molar-refractivity contribution in [3.05, 3.63) is 24.3 Å². The zero-order chi connectivity index (χ0) is 18.8. The zero-order valence-corrected chi connectivity index (χ0v) is 16.1. The minimum absolute atomic E-state index is 0.0402. The molecule has 0 radical (unpaired) electrons. The summed E-state index contributed by atoms with van der Waals surface area (Å²) >= 11 is 5.23. The van der Waals surface area contributed by atoms with Crippen LogP contribution in [0.25, 0.3) is 0 Å². The Morgan fingerprint density at radius 2 is 1.96 bits per heavy atom. The molecule has 1 atom stereocenters. The highest BCUT2D eigenvalue weighted by Crippen LogP contribution is 2.14. The van der Waals surface area contributed by atoms with Crippen LogP contribution in [0.15, 0.2) is 24.3 Å². The van der Waals surface area contributed by atoms with Crippen molar-refractivity contribution in [2.24, 2.45) is 5.92 Å². The Morgan fingerprint density at radius 1 is 1.32 bits per heavy atom. The number of anilines is 1. The molecule has 1 unspecified atom stereocenters. The van der Waals surface area contributed by atoms with E-state index in [1.54, 1.807) is 14.2 Å². The van der Waals surface area contributed by atoms with Crippen LogP contribution in [0, 0.1) is 5.92 Å². The number of hydrogen-bond donors (Lipinski definition) is 2. The van der Waals surface area contributed by atoms with Gasteiger partial charge in [0.15, 0.2) is 5.11 Å². The highest BCUT2D eigenvalue weighted by molar-refractivity contribution is 7.80. The van der Waals surface area contributed by atoms with E-state index in [0.717, 1.165) is 17.7 Å². The van der Waals surface area contributed by atoms with Gasteiger partial charge in [-0.25, -0.2) is 0 Å². The molecule has 0 aromatic heterocycles. The highest BCUT2D eigenvalue weighted by atomic mass is 32.1. The van der Waals surface area contributed by atoms with Gasteiger partial charge < -0.3 is 25.1 Å². The molecule has 25 heavy (non-hydrogen) atoms. The SMILES string of the molecule is COc1ccc(NC(=S)NCCCC(=O)N(C)C(C=O)C(C)C)cc1. The summed E-state index contributed by atoms with van der Waals surface area (Å²) in [4.78, 5) is 24.7. The molecule has 0 saturated carbocycles. The van der Waals surface area contributed by atoms with Crippen molar-refractivity contribution in [1.82, 2.24) is 10.2 Å². The number of hydrogen-bond acceptors (Lipinski definition) is 4. The standard InChI is InChI=1S/C18H27N3O3S/c1-13(2)16(12-22)21(3)17(23)6-5-11-19-18(25)20-14-7-9-15(24-4)10-8-14/h7-10,12-13,16H,5-6,11H2,1-4H3,(H2,19,20,25). The highest BCUT2D eigenvalue weighted by Gasteiger charge is 2.21. The molecule has 0 heterocycles. The summed E-state index contributed by atoms with van der Waals surface area (Å²) in [6.07, 6.45) is 1.83. The second-order valence-corrected chi connectivity index (χ2v) is 6.50. The quantitative estimate of drug-likeness (QED) is 0.398. The van der Waals surface area contributed by atoms with Gasteiger partial charge in [-0.2, -0.15) is 0 Å². The van der Waals surface area contributed by atoms with Crippen LogP contribution in [-0.4, -0.2) is 48.9 Å². The van der Waals surface area contributed by atoms with Gasteiger partial charge in [0.2, 0.25) is 5.91 Å². The van der Waals surface area contributed by atoms with Gasteiger partial charge in [-0.3, -0.25) is 4.79 Å². The molecular weight excluding hydrogens is 338 g/mol. The summed E-state index contributed by atoms with van der Waals surface area (Å²) < 4.78 is 5.10. The lowest BCUT2D eigenvalue weighted by atomic mass is 10.0. The smallest absolute Gasteiger partial charge is 0.222 e. The maximum atomic E-state index is 12.1. The number of benzene rings is 1. The third kappa shape index (κ3) is 7.09. The normalized spacial score (nSPS) is 11.6. The van der Waals surface area contributed by atoms with Crippen LogP contribution in [0.1, 0.15) is 26.7 Å². The minimum atomic E-state index is -0.377. The third-order valence-electron chi connectivity index (χ3n) is 3.86. The topological polar surface area (TPSA) is 70.7 Å². The predicted molar refractivity (Wildman–Crippen MR) is 104 cm³/mol. The number of carbonyl (C=O) groups excluding carboxylic acids is 2. The number of nitrogens with zero attached hydrogens (tertiary/aromatic N) is 1. The number of carbonyl (C=O) groups is 2. The fraction of sp³-hybridized carbons (Fsp3) is 0.500. The van der Waals surface area contributed by atoms with Gasteiger partial charge in [-0.05, 0) is 48.8 Å². The first-order valence-corrected chi connectivity index (χ1v) is 8.69. The van der Waals surface area contributed by atoms with Crippen molar-refractivity contribution in [1.29, 1.82) is 0 Å². The molecule has 138 valence electrons. The average molecular weight is 365 g/mol. The number of rotatable bonds is 9. The van der Waals surface area contributed by atoms with Crippen molar-refractivity contribution in [2.45, 2.75) is 32.7 Å². The van der Waals surface area contributed by atoms with Crippen LogP contribution in [0.2, 0.25) is 0 Å². The van der Waals surface area contributed by atoms with Crippen LogP contribution in [0.3, 0.4) is 0 Å². The molecule has 0 bridgehead atoms. The molecule has 0 fully saturated rings. The summed E-state index contributed by atoms with van der Waals surface area (Å²) in [5.41, 5.74) is 0.861. The van der Waals surface area contributed by atoms with Crippen molar-refractivity contribution in [2.75, 3.05) is 26.0 Å². The van der Waals surface area contributed by atoms with Gasteiger partial charge in [0.1, 0.15) is 12.0 Å². The second-order valence-electron chi connectivity index (χ2n) is 6.09. The van der Waals surface area contributed by atoms with Gasteiger partial charge >= 0.3 is 0 Å². The van der Waals surface area contributed by atoms with Gasteiger partial charge in [0.25, 0.3) is 0 Å². The molecule has 2 N–H and O–H groups in total. The van der Waals surface area contributed by atoms with E-state index in [9.17, 15) is 9.59 Å². The largest absolute Gasteiger partial charge is 0.497 e. The van der Waals surface area contributed by atoms with Crippen molar-refractivity contribution < 1.29 is 14.3 Å². The second kappa shape index (κ2) is 10.7. The molecule has 1 rings (SSSR count). The van der Waals surface area contributed by atoms with E-state index in [4.69, 9.17) is 17.0 Å². The number of thiocarbonyl (C=S) groups is 1. The van der Waals surface area contributed by atoms with Crippen molar-refractivity contribution in [3.8, 4) is 5.75 Å². The van der Waals surface area contributed by atoms with Gasteiger partial charge in [-0.15, -0.1) is 0 Å². The summed E-state index contributed by atoms with van der Waals surface area (Å²) in [6.45, 7) is 4.43. The van der Waals surface area contributed by atoms with Crippen LogP contribution in [0.4, 0.5) is 5.69 Å². The first-order chi connectivity index (χ1) is 11.9. The van der Waals surface area contributed by atoms with Crippen molar-refractivity contribution in [3.63, 3.8) is 0 Å². The summed E-state index contributed by atoms with van der Waals surface area (Å²) in [6, 6.07) is 7.06. The monoisotopic (exact) mass is 365 g/mol. The number of amides is 1. The van der Waals surface area contributed by atoms with E-state index in [2.05, 4.69) is 10.6 Å². The zero-order valence-electron chi connectivity index (χ0n) is 15.2. The average Bonchev–Trinajstić information content (AvgIpc) is 2.59. The number of ether oxygens (including phenoxy) is 1. The lowest BCUT2D eigenvalue weighted by Crippen LogP contribution is -2.41. The van der Waals surface area contributed by atoms with Crippen LogP contribution in [0.5, 0.6) is 5.75 Å². The predicted octanol–water partition coefficient (Wildman–Crippen LogP) is 2.44. The van der Waals surface area contributed by atoms with Gasteiger partial charge in [0, 0.05) is 25.7 Å². The third-order valence-corrected chi connectivity index (χ3v) is 4.11. The first kappa shape index (κ1) is 20.9. The molecule has 0 spiro atoms. The van der Waals surface area contributed by atoms with E-state index in [-0.39, 0.29) is 17.9 Å². The van der Waals surface area contributed by atoms with Gasteiger partial charge in [0.05, 0.1) is 13.2 Å². The van der Waals surface area contributed by atoms with E-state index >= 15 is 0 Å². The maximum Gasteiger partial charge on any atom is 0.222 e. The summed E-state index contributed by atoms with van der Waals surface area (Å²) in [5.74, 6) is 0.842. The Labute approximate surface area is 154 Å². The molecule has 1 aromatic carbocycles. The molecule has 0 aliphatic rings. The fourth-order valence-electron chi connectivity index (χ4n) is 2.33. The molecule has 0 saturated heterocycles. The number of methoxy groups -OCH3 is 1. The Morgan fingerprint density at radius 3 is 2.48 bits per heavy atom. The summed E-state index contributed by atoms with van der Waals surface area (Å²) in [5, 5.41) is 6.64. The van der Waals surface area contributed by atoms with Crippen molar-refractivity contribution >= 4 is 35.2 Å². The molecule has 1 amide bonds. The lowest BCUT2D eigenvalue weighted by Gasteiger charge is -2.26. The Balaban J connectivity index is 2.30. The Bertz CT molecular complexity index is 575. The van der Waals surface area contributed by atoms with E-state index in [1.807, 2.05) is 38.1 Å². The van der Waals surface area contributed by atoms with Crippen LogP contribution >= 0.6 is 12.2 Å². The number of likely N-dealkylation sites (N-methyl/N-ethyl adjacent to an activating group) is 1. The molecule has 0 aliphatic carbocycles. The Hall–Kier alpha value is -2.15. The maximum absolute atomic E-state index is 12.1.